The Balaban J connectivity index is 1.43. The van der Waals surface area contributed by atoms with Gasteiger partial charge in [0.25, 0.3) is 5.69 Å². The maximum absolute atomic E-state index is 13.4. The number of nitro benzene ring substituents is 1. The van der Waals surface area contributed by atoms with Crippen molar-refractivity contribution >= 4 is 23.1 Å². The highest BCUT2D eigenvalue weighted by molar-refractivity contribution is 5.82. The van der Waals surface area contributed by atoms with Crippen LogP contribution in [-0.2, 0) is 17.8 Å². The molecular weight excluding hydrogens is 420 g/mol. The Morgan fingerprint density at radius 3 is 2.82 bits per heavy atom. The average molecular weight is 444 g/mol. The van der Waals surface area contributed by atoms with E-state index in [1.807, 2.05) is 36.4 Å². The molecule has 4 heterocycles. The lowest BCUT2D eigenvalue weighted by Gasteiger charge is -2.49. The first-order chi connectivity index (χ1) is 16.1. The Morgan fingerprint density at radius 1 is 1.15 bits per heavy atom. The number of nitrogens with one attached hydrogen (secondary N) is 1. The van der Waals surface area contributed by atoms with Gasteiger partial charge >= 0.3 is 0 Å². The number of non-ortho nitro benzene ring substituents is 1. The number of piperazine rings is 1. The van der Waals surface area contributed by atoms with Crippen molar-refractivity contribution in [2.75, 3.05) is 29.4 Å². The summed E-state index contributed by atoms with van der Waals surface area (Å²) < 4.78 is 0. The third kappa shape index (κ3) is 4.21. The van der Waals surface area contributed by atoms with E-state index >= 15 is 0 Å². The molecule has 0 radical (unpaired) electrons. The summed E-state index contributed by atoms with van der Waals surface area (Å²) in [4.78, 5) is 37.4. The SMILES string of the molecule is O=C(NCc1cccnc1)[C@H]1Cc2cc([N+](=O)[O-])ccc2N2CCN(c3ccccn3)C[C@@H]12. The monoisotopic (exact) mass is 444 g/mol. The van der Waals surface area contributed by atoms with Crippen molar-refractivity contribution in [3.8, 4) is 0 Å². The van der Waals surface area contributed by atoms with E-state index in [1.165, 1.54) is 0 Å². The highest BCUT2D eigenvalue weighted by atomic mass is 16.6. The van der Waals surface area contributed by atoms with Crippen molar-refractivity contribution < 1.29 is 9.72 Å². The van der Waals surface area contributed by atoms with E-state index in [2.05, 4.69) is 25.1 Å². The Bertz CT molecular complexity index is 1160. The smallest absolute Gasteiger partial charge is 0.269 e. The lowest BCUT2D eigenvalue weighted by molar-refractivity contribution is -0.384. The van der Waals surface area contributed by atoms with E-state index in [0.717, 1.165) is 29.2 Å². The number of nitro groups is 1. The average Bonchev–Trinajstić information content (AvgIpc) is 2.87. The molecule has 33 heavy (non-hydrogen) atoms. The van der Waals surface area contributed by atoms with Crippen molar-refractivity contribution in [2.45, 2.75) is 19.0 Å². The van der Waals surface area contributed by atoms with Gasteiger partial charge in [-0.25, -0.2) is 4.98 Å². The van der Waals surface area contributed by atoms with Gasteiger partial charge in [-0.15, -0.1) is 0 Å². The minimum atomic E-state index is -0.386. The Labute approximate surface area is 191 Å². The van der Waals surface area contributed by atoms with Gasteiger partial charge in [-0.2, -0.15) is 0 Å². The molecule has 1 N–H and O–H groups in total. The standard InChI is InChI=1S/C24H24N6O3/c31-24(27-15-17-4-3-8-25-14-17)20-13-18-12-19(30(32)33)6-7-21(18)29-11-10-28(16-22(20)29)23-5-1-2-9-26-23/h1-9,12,14,20,22H,10-11,13,15-16H2,(H,27,31)/t20-,22-/m0/s1. The van der Waals surface area contributed by atoms with Crippen molar-refractivity contribution in [1.29, 1.82) is 0 Å². The molecule has 9 nitrogen and oxygen atoms in total. The fourth-order valence-electron chi connectivity index (χ4n) is 4.79. The van der Waals surface area contributed by atoms with Crippen molar-refractivity contribution in [2.24, 2.45) is 5.92 Å². The lowest BCUT2D eigenvalue weighted by atomic mass is 9.83. The minimum absolute atomic E-state index is 0.0499. The highest BCUT2D eigenvalue weighted by Crippen LogP contribution is 2.38. The topological polar surface area (TPSA) is 104 Å². The number of nitrogens with zero attached hydrogens (tertiary/aromatic N) is 5. The predicted molar refractivity (Wildman–Crippen MR) is 124 cm³/mol. The number of carbonyl (C=O) groups is 1. The van der Waals surface area contributed by atoms with E-state index in [0.29, 0.717) is 26.1 Å². The molecule has 0 bridgehead atoms. The van der Waals surface area contributed by atoms with Crippen LogP contribution in [0.2, 0.25) is 0 Å². The molecule has 1 saturated heterocycles. The second-order valence-corrected chi connectivity index (χ2v) is 8.35. The molecule has 0 saturated carbocycles. The number of benzene rings is 1. The summed E-state index contributed by atoms with van der Waals surface area (Å²) in [6.07, 6.45) is 5.65. The molecule has 0 spiro atoms. The van der Waals surface area contributed by atoms with Crippen LogP contribution < -0.4 is 15.1 Å². The largest absolute Gasteiger partial charge is 0.364 e. The van der Waals surface area contributed by atoms with Gasteiger partial charge in [0, 0.05) is 62.6 Å². The normalized spacial score (nSPS) is 19.4. The maximum Gasteiger partial charge on any atom is 0.269 e. The number of amides is 1. The molecular formula is C24H24N6O3. The van der Waals surface area contributed by atoms with E-state index < -0.39 is 0 Å². The molecule has 2 atom stereocenters. The van der Waals surface area contributed by atoms with E-state index in [4.69, 9.17) is 0 Å². The predicted octanol–water partition coefficient (Wildman–Crippen LogP) is 2.57. The molecule has 2 aromatic heterocycles. The second kappa shape index (κ2) is 8.85. The van der Waals surface area contributed by atoms with Crippen molar-refractivity contribution in [1.82, 2.24) is 15.3 Å². The quantitative estimate of drug-likeness (QED) is 0.476. The zero-order chi connectivity index (χ0) is 22.8. The molecule has 1 fully saturated rings. The van der Waals surface area contributed by atoms with Gasteiger partial charge in [-0.3, -0.25) is 19.9 Å². The van der Waals surface area contributed by atoms with E-state index in [1.54, 1.807) is 30.7 Å². The van der Waals surface area contributed by atoms with Gasteiger partial charge < -0.3 is 15.1 Å². The molecule has 3 aromatic rings. The van der Waals surface area contributed by atoms with Gasteiger partial charge in [-0.05, 0) is 41.8 Å². The fraction of sp³-hybridized carbons (Fsp3) is 0.292. The number of rotatable bonds is 5. The summed E-state index contributed by atoms with van der Waals surface area (Å²) in [5, 5.41) is 14.4. The Hall–Kier alpha value is -4.01. The van der Waals surface area contributed by atoms with Crippen molar-refractivity contribution in [3.05, 3.63) is 88.4 Å². The number of aromatic nitrogens is 2. The first-order valence-corrected chi connectivity index (χ1v) is 11.0. The van der Waals surface area contributed by atoms with Crippen LogP contribution in [0.5, 0.6) is 0 Å². The van der Waals surface area contributed by atoms with Crippen molar-refractivity contribution in [3.63, 3.8) is 0 Å². The van der Waals surface area contributed by atoms with Crippen LogP contribution in [-0.4, -0.2) is 46.5 Å². The maximum atomic E-state index is 13.4. The minimum Gasteiger partial charge on any atom is -0.364 e. The van der Waals surface area contributed by atoms with Gasteiger partial charge in [0.1, 0.15) is 5.82 Å². The Morgan fingerprint density at radius 2 is 2.06 bits per heavy atom. The number of carbonyl (C=O) groups excluding carboxylic acids is 1. The lowest BCUT2D eigenvalue weighted by Crippen LogP contribution is -2.61. The van der Waals surface area contributed by atoms with Gasteiger partial charge in [0.05, 0.1) is 16.9 Å². The summed E-state index contributed by atoms with van der Waals surface area (Å²) in [5.41, 5.74) is 2.79. The summed E-state index contributed by atoms with van der Waals surface area (Å²) >= 11 is 0. The summed E-state index contributed by atoms with van der Waals surface area (Å²) in [6, 6.07) is 14.5. The zero-order valence-electron chi connectivity index (χ0n) is 18.0. The van der Waals surface area contributed by atoms with Crippen LogP contribution in [0.4, 0.5) is 17.2 Å². The summed E-state index contributed by atoms with van der Waals surface area (Å²) in [7, 11) is 0. The number of hydrogen-bond donors (Lipinski definition) is 1. The second-order valence-electron chi connectivity index (χ2n) is 8.35. The van der Waals surface area contributed by atoms with Crippen LogP contribution in [0, 0.1) is 16.0 Å². The van der Waals surface area contributed by atoms with Crippen LogP contribution in [0.25, 0.3) is 0 Å². The first kappa shape index (κ1) is 20.9. The molecule has 1 amide bonds. The fourth-order valence-corrected chi connectivity index (χ4v) is 4.79. The molecule has 5 rings (SSSR count). The van der Waals surface area contributed by atoms with Crippen LogP contribution >= 0.6 is 0 Å². The summed E-state index contributed by atoms with van der Waals surface area (Å²) in [6.45, 7) is 2.51. The molecule has 0 aliphatic carbocycles. The molecule has 2 aliphatic rings. The molecule has 1 aromatic carbocycles. The number of anilines is 2. The summed E-state index contributed by atoms with van der Waals surface area (Å²) in [5.74, 6) is 0.484. The van der Waals surface area contributed by atoms with Crippen LogP contribution in [0.3, 0.4) is 0 Å². The molecule has 0 unspecified atom stereocenters. The molecule has 9 heteroatoms. The zero-order valence-corrected chi connectivity index (χ0v) is 18.0. The third-order valence-corrected chi connectivity index (χ3v) is 6.41. The first-order valence-electron chi connectivity index (χ1n) is 11.0. The van der Waals surface area contributed by atoms with Gasteiger partial charge in [0.2, 0.25) is 5.91 Å². The molecule has 168 valence electrons. The number of fused-ring (bicyclic) bond motifs is 3. The van der Waals surface area contributed by atoms with Crippen LogP contribution in [0.15, 0.2) is 67.1 Å². The van der Waals surface area contributed by atoms with Gasteiger partial charge in [0.15, 0.2) is 0 Å². The number of pyridine rings is 2. The van der Waals surface area contributed by atoms with E-state index in [-0.39, 0.29) is 28.5 Å². The highest BCUT2D eigenvalue weighted by Gasteiger charge is 2.42. The molecule has 2 aliphatic heterocycles. The Kier molecular flexibility index (Phi) is 5.60. The number of hydrogen-bond acceptors (Lipinski definition) is 7. The van der Waals surface area contributed by atoms with E-state index in [9.17, 15) is 14.9 Å². The third-order valence-electron chi connectivity index (χ3n) is 6.41. The van der Waals surface area contributed by atoms with Crippen LogP contribution in [0.1, 0.15) is 11.1 Å². The van der Waals surface area contributed by atoms with Gasteiger partial charge in [-0.1, -0.05) is 12.1 Å².